The predicted molar refractivity (Wildman–Crippen MR) is 97.3 cm³/mol. The van der Waals surface area contributed by atoms with Crippen molar-refractivity contribution in [1.82, 2.24) is 5.32 Å². The van der Waals surface area contributed by atoms with Gasteiger partial charge in [-0.25, -0.2) is 4.79 Å². The number of urea groups is 1. The van der Waals surface area contributed by atoms with Gasteiger partial charge in [0.1, 0.15) is 0 Å². The fourth-order valence-electron chi connectivity index (χ4n) is 2.35. The molecule has 2 rings (SSSR count). The van der Waals surface area contributed by atoms with Gasteiger partial charge in [-0.05, 0) is 48.6 Å². The lowest BCUT2D eigenvalue weighted by Gasteiger charge is -2.17. The second-order valence-electron chi connectivity index (χ2n) is 6.05. The van der Waals surface area contributed by atoms with Crippen LogP contribution in [0.4, 0.5) is 10.5 Å². The van der Waals surface area contributed by atoms with Gasteiger partial charge in [0.2, 0.25) is 0 Å². The Labute approximate surface area is 143 Å². The van der Waals surface area contributed by atoms with Gasteiger partial charge in [-0.3, -0.25) is 0 Å². The molecule has 0 bridgehead atoms. The van der Waals surface area contributed by atoms with Gasteiger partial charge in [0.25, 0.3) is 0 Å². The average molecular weight is 331 g/mol. The summed E-state index contributed by atoms with van der Waals surface area (Å²) in [6.07, 6.45) is 0. The number of hydrogen-bond acceptors (Lipinski definition) is 1. The van der Waals surface area contributed by atoms with Crippen LogP contribution in [0.25, 0.3) is 0 Å². The molecule has 2 aromatic rings. The van der Waals surface area contributed by atoms with Gasteiger partial charge in [0.05, 0.1) is 6.04 Å². The molecule has 0 unspecified atom stereocenters. The zero-order valence-corrected chi connectivity index (χ0v) is 14.7. The maximum absolute atomic E-state index is 12.2. The standard InChI is InChI=1S/C19H23ClN2O/c1-12(2)15-8-10-16(11-9-15)14(4)21-19(23)22-18-7-5-6-17(20)13(18)3/h5-12,14H,1-4H3,(H2,21,22,23)/t14-/m1/s1. The topological polar surface area (TPSA) is 41.1 Å². The van der Waals surface area contributed by atoms with Gasteiger partial charge in [-0.15, -0.1) is 0 Å². The van der Waals surface area contributed by atoms with Crippen molar-refractivity contribution in [3.05, 3.63) is 64.2 Å². The van der Waals surface area contributed by atoms with E-state index >= 15 is 0 Å². The third-order valence-corrected chi connectivity index (χ3v) is 4.38. The van der Waals surface area contributed by atoms with Crippen LogP contribution in [0.5, 0.6) is 0 Å². The number of hydrogen-bond donors (Lipinski definition) is 2. The average Bonchev–Trinajstić information content (AvgIpc) is 2.52. The van der Waals surface area contributed by atoms with Gasteiger partial charge in [0, 0.05) is 10.7 Å². The highest BCUT2D eigenvalue weighted by atomic mass is 35.5. The second-order valence-corrected chi connectivity index (χ2v) is 6.46. The Kier molecular flexibility index (Phi) is 5.67. The van der Waals surface area contributed by atoms with Crippen molar-refractivity contribution in [2.75, 3.05) is 5.32 Å². The van der Waals surface area contributed by atoms with Gasteiger partial charge in [-0.1, -0.05) is 55.8 Å². The Hall–Kier alpha value is -2.00. The number of carbonyl (C=O) groups excluding carboxylic acids is 1. The first kappa shape index (κ1) is 17.4. The van der Waals surface area contributed by atoms with Crippen molar-refractivity contribution in [3.63, 3.8) is 0 Å². The minimum Gasteiger partial charge on any atom is -0.331 e. The lowest BCUT2D eigenvalue weighted by Crippen LogP contribution is -2.31. The number of benzene rings is 2. The molecule has 3 nitrogen and oxygen atoms in total. The first-order valence-corrected chi connectivity index (χ1v) is 8.18. The van der Waals surface area contributed by atoms with Crippen LogP contribution in [-0.2, 0) is 0 Å². The van der Waals surface area contributed by atoms with E-state index < -0.39 is 0 Å². The third-order valence-electron chi connectivity index (χ3n) is 3.97. The highest BCUT2D eigenvalue weighted by Crippen LogP contribution is 2.23. The van der Waals surface area contributed by atoms with Crippen LogP contribution in [0.2, 0.25) is 5.02 Å². The molecule has 0 spiro atoms. The number of rotatable bonds is 4. The number of amides is 2. The van der Waals surface area contributed by atoms with E-state index in [9.17, 15) is 4.79 Å². The summed E-state index contributed by atoms with van der Waals surface area (Å²) in [6, 6.07) is 13.5. The molecule has 2 N–H and O–H groups in total. The van der Waals surface area contributed by atoms with E-state index in [-0.39, 0.29) is 12.1 Å². The van der Waals surface area contributed by atoms with E-state index in [1.54, 1.807) is 6.07 Å². The van der Waals surface area contributed by atoms with E-state index in [4.69, 9.17) is 11.6 Å². The molecule has 23 heavy (non-hydrogen) atoms. The lowest BCUT2D eigenvalue weighted by atomic mass is 10.00. The van der Waals surface area contributed by atoms with Crippen molar-refractivity contribution in [1.29, 1.82) is 0 Å². The zero-order valence-electron chi connectivity index (χ0n) is 14.0. The number of carbonyl (C=O) groups is 1. The second kappa shape index (κ2) is 7.51. The van der Waals surface area contributed by atoms with Crippen LogP contribution in [0.3, 0.4) is 0 Å². The summed E-state index contributed by atoms with van der Waals surface area (Å²) in [5.41, 5.74) is 3.95. The van der Waals surface area contributed by atoms with Gasteiger partial charge < -0.3 is 10.6 Å². The summed E-state index contributed by atoms with van der Waals surface area (Å²) in [6.45, 7) is 8.18. The number of halogens is 1. The van der Waals surface area contributed by atoms with Gasteiger partial charge >= 0.3 is 6.03 Å². The summed E-state index contributed by atoms with van der Waals surface area (Å²) in [5.74, 6) is 0.501. The normalized spacial score (nSPS) is 12.1. The summed E-state index contributed by atoms with van der Waals surface area (Å²) in [7, 11) is 0. The maximum atomic E-state index is 12.2. The van der Waals surface area contributed by atoms with Crippen molar-refractivity contribution in [3.8, 4) is 0 Å². The Morgan fingerprint density at radius 2 is 1.61 bits per heavy atom. The van der Waals surface area contributed by atoms with Crippen molar-refractivity contribution >= 4 is 23.3 Å². The van der Waals surface area contributed by atoms with E-state index in [2.05, 4.69) is 48.7 Å². The molecule has 122 valence electrons. The molecule has 0 saturated carbocycles. The van der Waals surface area contributed by atoms with Gasteiger partial charge in [0.15, 0.2) is 0 Å². The molecule has 2 amide bonds. The van der Waals surface area contributed by atoms with Crippen LogP contribution in [0.1, 0.15) is 49.4 Å². The Morgan fingerprint density at radius 3 is 2.22 bits per heavy atom. The molecule has 4 heteroatoms. The Bertz CT molecular complexity index is 680. The Morgan fingerprint density at radius 1 is 1.00 bits per heavy atom. The third kappa shape index (κ3) is 4.49. The largest absolute Gasteiger partial charge is 0.331 e. The molecule has 0 aliphatic carbocycles. The summed E-state index contributed by atoms with van der Waals surface area (Å²) in [4.78, 5) is 12.2. The minimum absolute atomic E-state index is 0.0734. The van der Waals surface area contributed by atoms with Crippen LogP contribution in [0.15, 0.2) is 42.5 Å². The zero-order chi connectivity index (χ0) is 17.0. The van der Waals surface area contributed by atoms with Crippen LogP contribution in [-0.4, -0.2) is 6.03 Å². The quantitative estimate of drug-likeness (QED) is 0.746. The fraction of sp³-hybridized carbons (Fsp3) is 0.316. The first-order chi connectivity index (χ1) is 10.9. The molecule has 0 aromatic heterocycles. The molecule has 2 aromatic carbocycles. The van der Waals surface area contributed by atoms with E-state index in [1.165, 1.54) is 5.56 Å². The van der Waals surface area contributed by atoms with Crippen molar-refractivity contribution < 1.29 is 4.79 Å². The van der Waals surface area contributed by atoms with Crippen LogP contribution in [0, 0.1) is 6.92 Å². The van der Waals surface area contributed by atoms with Crippen molar-refractivity contribution in [2.45, 2.75) is 39.7 Å². The number of nitrogens with one attached hydrogen (secondary N) is 2. The summed E-state index contributed by atoms with van der Waals surface area (Å²) >= 11 is 6.07. The SMILES string of the molecule is Cc1c(Cl)cccc1NC(=O)N[C@H](C)c1ccc(C(C)C)cc1. The van der Waals surface area contributed by atoms with E-state index in [0.29, 0.717) is 10.9 Å². The minimum atomic E-state index is -0.240. The van der Waals surface area contributed by atoms with Crippen LogP contribution >= 0.6 is 11.6 Å². The highest BCUT2D eigenvalue weighted by molar-refractivity contribution is 6.31. The Balaban J connectivity index is 2.00. The monoisotopic (exact) mass is 330 g/mol. The maximum Gasteiger partial charge on any atom is 0.319 e. The predicted octanol–water partition coefficient (Wildman–Crippen LogP) is 5.65. The molecule has 0 saturated heterocycles. The smallest absolute Gasteiger partial charge is 0.319 e. The molecular formula is C19H23ClN2O. The molecule has 0 fully saturated rings. The molecule has 0 radical (unpaired) electrons. The molecule has 0 aliphatic heterocycles. The van der Waals surface area contributed by atoms with E-state index in [0.717, 1.165) is 16.8 Å². The highest BCUT2D eigenvalue weighted by Gasteiger charge is 2.11. The van der Waals surface area contributed by atoms with Gasteiger partial charge in [-0.2, -0.15) is 0 Å². The summed E-state index contributed by atoms with van der Waals surface area (Å²) in [5, 5.41) is 6.43. The molecule has 0 aliphatic rings. The number of anilines is 1. The fourth-order valence-corrected chi connectivity index (χ4v) is 2.53. The lowest BCUT2D eigenvalue weighted by molar-refractivity contribution is 0.249. The van der Waals surface area contributed by atoms with Crippen LogP contribution < -0.4 is 10.6 Å². The van der Waals surface area contributed by atoms with Crippen molar-refractivity contribution in [2.24, 2.45) is 0 Å². The first-order valence-electron chi connectivity index (χ1n) is 7.81. The molecule has 1 atom stereocenters. The molecule has 0 heterocycles. The summed E-state index contributed by atoms with van der Waals surface area (Å²) < 4.78 is 0. The molecular weight excluding hydrogens is 308 g/mol. The van der Waals surface area contributed by atoms with E-state index in [1.807, 2.05) is 26.0 Å².